The topological polar surface area (TPSA) is 78.6 Å². The van der Waals surface area contributed by atoms with E-state index in [0.717, 1.165) is 5.56 Å². The fourth-order valence-corrected chi connectivity index (χ4v) is 1.93. The molecule has 18 heavy (non-hydrogen) atoms. The van der Waals surface area contributed by atoms with Crippen LogP contribution in [0.4, 0.5) is 0 Å². The maximum atomic E-state index is 11.2. The summed E-state index contributed by atoms with van der Waals surface area (Å²) in [6.45, 7) is 0.341. The zero-order valence-corrected chi connectivity index (χ0v) is 9.87. The maximum absolute atomic E-state index is 11.2. The first kappa shape index (κ1) is 12.6. The largest absolute Gasteiger partial charge is 0.435 e. The lowest BCUT2D eigenvalue weighted by Crippen LogP contribution is -2.25. The van der Waals surface area contributed by atoms with E-state index in [0.29, 0.717) is 6.61 Å². The van der Waals surface area contributed by atoms with E-state index >= 15 is 0 Å². The van der Waals surface area contributed by atoms with Crippen molar-refractivity contribution in [2.75, 3.05) is 0 Å². The zero-order chi connectivity index (χ0) is 13.0. The minimum atomic E-state index is -0.676. The summed E-state index contributed by atoms with van der Waals surface area (Å²) in [7, 11) is 0. The number of primary amides is 1. The van der Waals surface area contributed by atoms with Gasteiger partial charge in [-0.15, -0.1) is 0 Å². The van der Waals surface area contributed by atoms with Crippen LogP contribution in [0.15, 0.2) is 30.3 Å². The molecule has 96 valence electrons. The molecule has 5 nitrogen and oxygen atoms in total. The summed E-state index contributed by atoms with van der Waals surface area (Å²) in [5.74, 6) is -1.08. The van der Waals surface area contributed by atoms with Crippen LogP contribution in [-0.4, -0.2) is 18.2 Å². The van der Waals surface area contributed by atoms with Crippen molar-refractivity contribution in [3.63, 3.8) is 0 Å². The zero-order valence-electron chi connectivity index (χ0n) is 9.87. The average Bonchev–Trinajstić information content (AvgIpc) is 2.67. The fraction of sp³-hybridized carbons (Fsp3) is 0.385. The van der Waals surface area contributed by atoms with E-state index in [1.807, 2.05) is 30.3 Å². The minimum absolute atomic E-state index is 0.102. The second-order valence-corrected chi connectivity index (χ2v) is 4.29. The number of benzene rings is 1. The van der Waals surface area contributed by atoms with Crippen molar-refractivity contribution in [3.8, 4) is 0 Å². The Labute approximate surface area is 105 Å². The van der Waals surface area contributed by atoms with E-state index in [1.165, 1.54) is 0 Å². The minimum Gasteiger partial charge on any atom is -0.435 e. The Hall–Kier alpha value is -1.88. The van der Waals surface area contributed by atoms with Crippen LogP contribution in [0.25, 0.3) is 0 Å². The number of esters is 1. The smallest absolute Gasteiger partial charge is 0.308 e. The molecule has 2 atom stereocenters. The molecule has 0 aliphatic carbocycles. The summed E-state index contributed by atoms with van der Waals surface area (Å²) in [5.41, 5.74) is 6.11. The molecule has 0 aromatic heterocycles. The van der Waals surface area contributed by atoms with E-state index in [9.17, 15) is 9.59 Å². The predicted octanol–water partition coefficient (Wildman–Crippen LogP) is 0.968. The van der Waals surface area contributed by atoms with Crippen molar-refractivity contribution in [1.82, 2.24) is 0 Å². The number of rotatable bonds is 5. The Morgan fingerprint density at radius 3 is 2.78 bits per heavy atom. The van der Waals surface area contributed by atoms with Gasteiger partial charge in [-0.25, -0.2) is 0 Å². The van der Waals surface area contributed by atoms with Gasteiger partial charge in [-0.05, 0) is 5.56 Å². The van der Waals surface area contributed by atoms with E-state index in [4.69, 9.17) is 15.2 Å². The SMILES string of the molecule is NC(=O)CC1CC(=O)OC1OCc1ccccc1. The quantitative estimate of drug-likeness (QED) is 0.788. The van der Waals surface area contributed by atoms with Gasteiger partial charge >= 0.3 is 5.97 Å². The van der Waals surface area contributed by atoms with Crippen LogP contribution in [0.3, 0.4) is 0 Å². The van der Waals surface area contributed by atoms with Crippen molar-refractivity contribution in [2.45, 2.75) is 25.7 Å². The highest BCUT2D eigenvalue weighted by atomic mass is 16.7. The molecule has 1 saturated heterocycles. The second-order valence-electron chi connectivity index (χ2n) is 4.29. The van der Waals surface area contributed by atoms with Gasteiger partial charge in [0.2, 0.25) is 12.2 Å². The maximum Gasteiger partial charge on any atom is 0.308 e. The van der Waals surface area contributed by atoms with Gasteiger partial charge in [-0.1, -0.05) is 30.3 Å². The standard InChI is InChI=1S/C13H15NO4/c14-11(15)6-10-7-12(16)18-13(10)17-8-9-4-2-1-3-5-9/h1-5,10,13H,6-8H2,(H2,14,15). The van der Waals surface area contributed by atoms with Crippen molar-refractivity contribution in [1.29, 1.82) is 0 Å². The molecule has 5 heteroatoms. The number of cyclic esters (lactones) is 1. The molecule has 0 bridgehead atoms. The fourth-order valence-electron chi connectivity index (χ4n) is 1.93. The van der Waals surface area contributed by atoms with Gasteiger partial charge in [0.25, 0.3) is 0 Å². The molecule has 1 aromatic carbocycles. The third-order valence-electron chi connectivity index (χ3n) is 2.78. The van der Waals surface area contributed by atoms with Crippen molar-refractivity contribution < 1.29 is 19.1 Å². The van der Waals surface area contributed by atoms with Gasteiger partial charge in [0, 0.05) is 12.3 Å². The molecule has 2 unspecified atom stereocenters. The lowest BCUT2D eigenvalue weighted by molar-refractivity contribution is -0.171. The molecule has 1 heterocycles. The highest BCUT2D eigenvalue weighted by Gasteiger charge is 2.36. The number of carbonyl (C=O) groups excluding carboxylic acids is 2. The highest BCUT2D eigenvalue weighted by molar-refractivity contribution is 5.77. The molecule has 1 fully saturated rings. The van der Waals surface area contributed by atoms with Gasteiger partial charge in [0.15, 0.2) is 0 Å². The Morgan fingerprint density at radius 2 is 2.11 bits per heavy atom. The van der Waals surface area contributed by atoms with Crippen molar-refractivity contribution in [2.24, 2.45) is 11.7 Å². The normalized spacial score (nSPS) is 22.8. The summed E-state index contributed by atoms with van der Waals surface area (Å²) in [6.07, 6.45) is -0.390. The van der Waals surface area contributed by atoms with Crippen LogP contribution in [-0.2, 0) is 25.7 Å². The number of carbonyl (C=O) groups is 2. The van der Waals surface area contributed by atoms with Crippen LogP contribution >= 0.6 is 0 Å². The molecule has 1 aliphatic rings. The lowest BCUT2D eigenvalue weighted by atomic mass is 10.0. The number of amides is 1. The van der Waals surface area contributed by atoms with Gasteiger partial charge in [0.1, 0.15) is 0 Å². The summed E-state index contributed by atoms with van der Waals surface area (Å²) in [6, 6.07) is 9.55. The summed E-state index contributed by atoms with van der Waals surface area (Å²) in [4.78, 5) is 22.1. The number of hydrogen-bond donors (Lipinski definition) is 1. The van der Waals surface area contributed by atoms with Crippen molar-refractivity contribution >= 4 is 11.9 Å². The monoisotopic (exact) mass is 249 g/mol. The Bertz CT molecular complexity index is 432. The Balaban J connectivity index is 1.91. The third-order valence-corrected chi connectivity index (χ3v) is 2.78. The summed E-state index contributed by atoms with van der Waals surface area (Å²) < 4.78 is 10.5. The van der Waals surface area contributed by atoms with Crippen LogP contribution in [0, 0.1) is 5.92 Å². The van der Waals surface area contributed by atoms with E-state index in [1.54, 1.807) is 0 Å². The van der Waals surface area contributed by atoms with Crippen molar-refractivity contribution in [3.05, 3.63) is 35.9 Å². The van der Waals surface area contributed by atoms with Crippen LogP contribution in [0.5, 0.6) is 0 Å². The third kappa shape index (κ3) is 3.30. The second kappa shape index (κ2) is 5.64. The molecule has 0 radical (unpaired) electrons. The van der Waals surface area contributed by atoms with E-state index < -0.39 is 12.2 Å². The average molecular weight is 249 g/mol. The Kier molecular flexibility index (Phi) is 3.94. The predicted molar refractivity (Wildman–Crippen MR) is 63.0 cm³/mol. The lowest BCUT2D eigenvalue weighted by Gasteiger charge is -2.16. The Morgan fingerprint density at radius 1 is 1.39 bits per heavy atom. The first-order valence-electron chi connectivity index (χ1n) is 5.78. The first-order valence-corrected chi connectivity index (χ1v) is 5.78. The van der Waals surface area contributed by atoms with Crippen LogP contribution < -0.4 is 5.73 Å². The van der Waals surface area contributed by atoms with E-state index in [2.05, 4.69) is 0 Å². The first-order chi connectivity index (χ1) is 8.65. The molecule has 2 rings (SSSR count). The van der Waals surface area contributed by atoms with Gasteiger partial charge in [-0.3, -0.25) is 9.59 Å². The summed E-state index contributed by atoms with van der Waals surface area (Å²) in [5, 5.41) is 0. The summed E-state index contributed by atoms with van der Waals surface area (Å²) >= 11 is 0. The molecule has 1 aromatic rings. The number of nitrogens with two attached hydrogens (primary N) is 1. The molecular formula is C13H15NO4. The molecule has 2 N–H and O–H groups in total. The van der Waals surface area contributed by atoms with Gasteiger partial charge in [-0.2, -0.15) is 0 Å². The van der Waals surface area contributed by atoms with Gasteiger partial charge < -0.3 is 15.2 Å². The van der Waals surface area contributed by atoms with E-state index in [-0.39, 0.29) is 24.7 Å². The number of hydrogen-bond acceptors (Lipinski definition) is 4. The molecular weight excluding hydrogens is 234 g/mol. The van der Waals surface area contributed by atoms with Crippen LogP contribution in [0.2, 0.25) is 0 Å². The van der Waals surface area contributed by atoms with Gasteiger partial charge in [0.05, 0.1) is 13.0 Å². The molecule has 1 amide bonds. The molecule has 0 spiro atoms. The number of ether oxygens (including phenoxy) is 2. The molecule has 0 saturated carbocycles. The highest BCUT2D eigenvalue weighted by Crippen LogP contribution is 2.26. The molecule has 1 aliphatic heterocycles. The van der Waals surface area contributed by atoms with Crippen LogP contribution in [0.1, 0.15) is 18.4 Å².